The summed E-state index contributed by atoms with van der Waals surface area (Å²) in [7, 11) is 0. The SMILES string of the molecule is O=C(Cl)[C@@H]1CC(=O)N(c2ccc(F)c(Cl)c2)C1. The Kier molecular flexibility index (Phi) is 3.35. The molecule has 3 nitrogen and oxygen atoms in total. The first-order chi connectivity index (χ1) is 7.99. The van der Waals surface area contributed by atoms with E-state index in [2.05, 4.69) is 0 Å². The van der Waals surface area contributed by atoms with Crippen molar-refractivity contribution in [3.05, 3.63) is 29.0 Å². The maximum atomic E-state index is 13.0. The number of carbonyl (C=O) groups excluding carboxylic acids is 2. The van der Waals surface area contributed by atoms with E-state index in [0.717, 1.165) is 0 Å². The van der Waals surface area contributed by atoms with Crippen LogP contribution in [0, 0.1) is 11.7 Å². The van der Waals surface area contributed by atoms with E-state index in [1.807, 2.05) is 0 Å². The molecule has 1 aliphatic rings. The van der Waals surface area contributed by atoms with E-state index in [9.17, 15) is 14.0 Å². The van der Waals surface area contributed by atoms with Crippen LogP contribution in [-0.4, -0.2) is 17.7 Å². The Balaban J connectivity index is 2.26. The lowest BCUT2D eigenvalue weighted by atomic mass is 10.1. The summed E-state index contributed by atoms with van der Waals surface area (Å²) in [6.07, 6.45) is 0.0807. The Hall–Kier alpha value is -1.13. The van der Waals surface area contributed by atoms with Crippen molar-refractivity contribution < 1.29 is 14.0 Å². The average Bonchev–Trinajstić information content (AvgIpc) is 2.65. The molecule has 0 aliphatic carbocycles. The molecular formula is C11H8Cl2FNO2. The van der Waals surface area contributed by atoms with Crippen LogP contribution in [0.25, 0.3) is 0 Å². The van der Waals surface area contributed by atoms with E-state index >= 15 is 0 Å². The van der Waals surface area contributed by atoms with Gasteiger partial charge in [-0.25, -0.2) is 4.39 Å². The minimum atomic E-state index is -0.549. The molecule has 1 saturated heterocycles. The Morgan fingerprint density at radius 3 is 2.71 bits per heavy atom. The maximum Gasteiger partial charge on any atom is 0.227 e. The molecule has 0 spiro atoms. The molecule has 1 aliphatic heterocycles. The van der Waals surface area contributed by atoms with Gasteiger partial charge in [-0.2, -0.15) is 0 Å². The summed E-state index contributed by atoms with van der Waals surface area (Å²) in [6.45, 7) is 0.211. The van der Waals surface area contributed by atoms with Crippen molar-refractivity contribution in [2.24, 2.45) is 5.92 Å². The second kappa shape index (κ2) is 4.63. The fourth-order valence-electron chi connectivity index (χ4n) is 1.76. The first kappa shape index (κ1) is 12.3. The third-order valence-electron chi connectivity index (χ3n) is 2.66. The van der Waals surface area contributed by atoms with Crippen molar-refractivity contribution in [1.82, 2.24) is 0 Å². The Morgan fingerprint density at radius 1 is 1.47 bits per heavy atom. The maximum absolute atomic E-state index is 13.0. The quantitative estimate of drug-likeness (QED) is 0.778. The first-order valence-electron chi connectivity index (χ1n) is 4.94. The summed E-state index contributed by atoms with van der Waals surface area (Å²) >= 11 is 11.0. The zero-order chi connectivity index (χ0) is 12.6. The highest BCUT2D eigenvalue weighted by molar-refractivity contribution is 6.64. The number of nitrogens with zero attached hydrogens (tertiary/aromatic N) is 1. The van der Waals surface area contributed by atoms with Gasteiger partial charge in [0.2, 0.25) is 11.1 Å². The van der Waals surface area contributed by atoms with Crippen LogP contribution in [0.3, 0.4) is 0 Å². The van der Waals surface area contributed by atoms with Gasteiger partial charge in [0.1, 0.15) is 5.82 Å². The fourth-order valence-corrected chi connectivity index (χ4v) is 2.08. The van der Waals surface area contributed by atoms with E-state index in [1.54, 1.807) is 0 Å². The lowest BCUT2D eigenvalue weighted by Gasteiger charge is -2.16. The first-order valence-corrected chi connectivity index (χ1v) is 5.69. The molecule has 0 radical (unpaired) electrons. The molecule has 1 amide bonds. The number of benzene rings is 1. The summed E-state index contributed by atoms with van der Waals surface area (Å²) < 4.78 is 13.0. The van der Waals surface area contributed by atoms with Crippen LogP contribution in [0.15, 0.2) is 18.2 Å². The van der Waals surface area contributed by atoms with Crippen molar-refractivity contribution >= 4 is 40.0 Å². The van der Waals surface area contributed by atoms with Crippen molar-refractivity contribution in [3.8, 4) is 0 Å². The zero-order valence-electron chi connectivity index (χ0n) is 8.62. The van der Waals surface area contributed by atoms with Gasteiger partial charge in [-0.1, -0.05) is 11.6 Å². The number of hydrogen-bond acceptors (Lipinski definition) is 2. The van der Waals surface area contributed by atoms with E-state index in [1.165, 1.54) is 23.1 Å². The predicted molar refractivity (Wildman–Crippen MR) is 62.7 cm³/mol. The van der Waals surface area contributed by atoms with Gasteiger partial charge in [0.15, 0.2) is 0 Å². The van der Waals surface area contributed by atoms with Crippen LogP contribution in [0.2, 0.25) is 5.02 Å². The highest BCUT2D eigenvalue weighted by Gasteiger charge is 2.34. The molecule has 1 aromatic rings. The molecule has 1 aromatic carbocycles. The van der Waals surface area contributed by atoms with Gasteiger partial charge in [0, 0.05) is 18.7 Å². The molecule has 0 saturated carbocycles. The predicted octanol–water partition coefficient (Wildman–Crippen LogP) is 2.60. The van der Waals surface area contributed by atoms with Gasteiger partial charge in [0.25, 0.3) is 0 Å². The Bertz CT molecular complexity index is 492. The van der Waals surface area contributed by atoms with Gasteiger partial charge in [0.05, 0.1) is 10.9 Å². The van der Waals surface area contributed by atoms with Crippen molar-refractivity contribution in [1.29, 1.82) is 0 Å². The molecule has 1 fully saturated rings. The topological polar surface area (TPSA) is 37.4 Å². The molecule has 0 aromatic heterocycles. The molecule has 0 bridgehead atoms. The average molecular weight is 276 g/mol. The van der Waals surface area contributed by atoms with Crippen LogP contribution >= 0.6 is 23.2 Å². The highest BCUT2D eigenvalue weighted by atomic mass is 35.5. The monoisotopic (exact) mass is 275 g/mol. The lowest BCUT2D eigenvalue weighted by molar-refractivity contribution is -0.120. The molecule has 1 atom stereocenters. The van der Waals surface area contributed by atoms with Gasteiger partial charge >= 0.3 is 0 Å². The molecule has 90 valence electrons. The number of carbonyl (C=O) groups is 2. The van der Waals surface area contributed by atoms with E-state index in [-0.39, 0.29) is 23.9 Å². The van der Waals surface area contributed by atoms with Crippen LogP contribution in [0.1, 0.15) is 6.42 Å². The van der Waals surface area contributed by atoms with Crippen molar-refractivity contribution in [3.63, 3.8) is 0 Å². The minimum Gasteiger partial charge on any atom is -0.312 e. The standard InChI is InChI=1S/C11H8Cl2FNO2/c12-8-4-7(1-2-9(8)14)15-5-6(11(13)17)3-10(15)16/h1-2,4,6H,3,5H2/t6-/m1/s1. The molecule has 17 heavy (non-hydrogen) atoms. The molecular weight excluding hydrogens is 268 g/mol. The third kappa shape index (κ3) is 2.42. The number of rotatable bonds is 2. The van der Waals surface area contributed by atoms with Gasteiger partial charge in [-0.15, -0.1) is 0 Å². The Morgan fingerprint density at radius 2 is 2.18 bits per heavy atom. The Labute approximate surface area is 107 Å². The largest absolute Gasteiger partial charge is 0.312 e. The fraction of sp³-hybridized carbons (Fsp3) is 0.273. The summed E-state index contributed by atoms with van der Waals surface area (Å²) in [6, 6.07) is 3.98. The van der Waals surface area contributed by atoms with E-state index in [4.69, 9.17) is 23.2 Å². The third-order valence-corrected chi connectivity index (χ3v) is 3.26. The van der Waals surface area contributed by atoms with Crippen LogP contribution < -0.4 is 4.90 Å². The number of halogens is 3. The van der Waals surface area contributed by atoms with Gasteiger partial charge < -0.3 is 4.90 Å². The molecule has 0 N–H and O–H groups in total. The van der Waals surface area contributed by atoms with Gasteiger partial charge in [-0.05, 0) is 29.8 Å². The minimum absolute atomic E-state index is 0.0593. The zero-order valence-corrected chi connectivity index (χ0v) is 10.1. The number of amides is 1. The van der Waals surface area contributed by atoms with E-state index in [0.29, 0.717) is 5.69 Å². The number of anilines is 1. The molecule has 2 rings (SSSR count). The summed E-state index contributed by atoms with van der Waals surface area (Å²) in [5.41, 5.74) is 0.474. The molecule has 1 heterocycles. The molecule has 6 heteroatoms. The van der Waals surface area contributed by atoms with Crippen molar-refractivity contribution in [2.45, 2.75) is 6.42 Å². The van der Waals surface area contributed by atoms with Crippen LogP contribution in [0.5, 0.6) is 0 Å². The normalized spacial score (nSPS) is 19.8. The highest BCUT2D eigenvalue weighted by Crippen LogP contribution is 2.29. The summed E-state index contributed by atoms with van der Waals surface area (Å²) in [4.78, 5) is 24.0. The van der Waals surface area contributed by atoms with Crippen LogP contribution in [-0.2, 0) is 9.59 Å². The lowest BCUT2D eigenvalue weighted by Crippen LogP contribution is -2.25. The summed E-state index contributed by atoms with van der Waals surface area (Å²) in [5, 5.41) is -0.593. The smallest absolute Gasteiger partial charge is 0.227 e. The van der Waals surface area contributed by atoms with Crippen LogP contribution in [0.4, 0.5) is 10.1 Å². The van der Waals surface area contributed by atoms with Gasteiger partial charge in [-0.3, -0.25) is 9.59 Å². The number of hydrogen-bond donors (Lipinski definition) is 0. The molecule has 0 unspecified atom stereocenters. The van der Waals surface area contributed by atoms with E-state index < -0.39 is 17.0 Å². The second-order valence-corrected chi connectivity index (χ2v) is 4.59. The summed E-state index contributed by atoms with van der Waals surface area (Å²) in [5.74, 6) is -1.27. The second-order valence-electron chi connectivity index (χ2n) is 3.81. The van der Waals surface area contributed by atoms with Crippen molar-refractivity contribution in [2.75, 3.05) is 11.4 Å².